The van der Waals surface area contributed by atoms with E-state index in [2.05, 4.69) is 15.6 Å². The van der Waals surface area contributed by atoms with Crippen molar-refractivity contribution in [1.82, 2.24) is 15.6 Å². The number of halogens is 2. The van der Waals surface area contributed by atoms with Crippen LogP contribution in [0, 0.1) is 0 Å². The van der Waals surface area contributed by atoms with Gasteiger partial charge in [-0.3, -0.25) is 14.6 Å². The Morgan fingerprint density at radius 3 is 2.38 bits per heavy atom. The van der Waals surface area contributed by atoms with Gasteiger partial charge in [0.25, 0.3) is 0 Å². The molecule has 0 bridgehead atoms. The average Bonchev–Trinajstić information content (AvgIpc) is 2.61. The molecule has 0 fully saturated rings. The number of amides is 2. The Bertz CT molecular complexity index is 682. The van der Waals surface area contributed by atoms with E-state index in [9.17, 15) is 9.59 Å². The first-order chi connectivity index (χ1) is 11.5. The summed E-state index contributed by atoms with van der Waals surface area (Å²) in [5.74, 6) is -0.452. The Morgan fingerprint density at radius 1 is 1.08 bits per heavy atom. The topological polar surface area (TPSA) is 97.1 Å². The predicted octanol–water partition coefficient (Wildman–Crippen LogP) is 1.92. The van der Waals surface area contributed by atoms with E-state index in [1.165, 1.54) is 0 Å². The molecule has 1 unspecified atom stereocenters. The van der Waals surface area contributed by atoms with E-state index in [0.29, 0.717) is 6.54 Å². The molecule has 1 aromatic carbocycles. The van der Waals surface area contributed by atoms with Gasteiger partial charge >= 0.3 is 0 Å². The van der Waals surface area contributed by atoms with Gasteiger partial charge in [0.05, 0.1) is 0 Å². The van der Waals surface area contributed by atoms with Crippen molar-refractivity contribution in [2.24, 2.45) is 5.73 Å². The van der Waals surface area contributed by atoms with Crippen LogP contribution in [0.3, 0.4) is 0 Å². The number of hydrogen-bond acceptors (Lipinski definition) is 4. The molecule has 0 aliphatic rings. The molecule has 142 valence electrons. The molecule has 4 N–H and O–H groups in total. The molecule has 2 aromatic rings. The van der Waals surface area contributed by atoms with Gasteiger partial charge in [-0.25, -0.2) is 0 Å². The molecule has 1 aromatic heterocycles. The van der Waals surface area contributed by atoms with E-state index < -0.39 is 5.54 Å². The number of carbonyl (C=O) groups is 2. The Morgan fingerprint density at radius 2 is 1.77 bits per heavy atom. The van der Waals surface area contributed by atoms with Crippen LogP contribution in [0.25, 0.3) is 0 Å². The van der Waals surface area contributed by atoms with Crippen LogP contribution in [-0.4, -0.2) is 23.3 Å². The molecule has 6 nitrogen and oxygen atoms in total. The number of benzene rings is 1. The quantitative estimate of drug-likeness (QED) is 0.663. The van der Waals surface area contributed by atoms with Gasteiger partial charge in [-0.2, -0.15) is 0 Å². The summed E-state index contributed by atoms with van der Waals surface area (Å²) >= 11 is 0. The molecule has 26 heavy (non-hydrogen) atoms. The van der Waals surface area contributed by atoms with Gasteiger partial charge in [0.15, 0.2) is 0 Å². The maximum absolute atomic E-state index is 12.2. The van der Waals surface area contributed by atoms with Gasteiger partial charge in [-0.15, -0.1) is 24.8 Å². The van der Waals surface area contributed by atoms with E-state index in [4.69, 9.17) is 5.73 Å². The van der Waals surface area contributed by atoms with Crippen molar-refractivity contribution < 1.29 is 9.59 Å². The highest BCUT2D eigenvalue weighted by Gasteiger charge is 2.29. The maximum Gasteiger partial charge on any atom is 0.244 e. The summed E-state index contributed by atoms with van der Waals surface area (Å²) in [5.41, 5.74) is 6.63. The minimum Gasteiger partial charge on any atom is -0.354 e. The zero-order chi connectivity index (χ0) is 17.4. The Kier molecular flexibility index (Phi) is 10.5. The maximum atomic E-state index is 12.2. The predicted molar refractivity (Wildman–Crippen MR) is 106 cm³/mol. The molecule has 1 atom stereocenters. The molecule has 0 radical (unpaired) electrons. The number of nitrogens with one attached hydrogen (secondary N) is 2. The first-order valence-electron chi connectivity index (χ1n) is 7.78. The number of hydrogen-bond donors (Lipinski definition) is 3. The second kappa shape index (κ2) is 11.5. The van der Waals surface area contributed by atoms with E-state index >= 15 is 0 Å². The lowest BCUT2D eigenvalue weighted by Crippen LogP contribution is -2.49. The van der Waals surface area contributed by atoms with Crippen LogP contribution >= 0.6 is 24.8 Å². The minimum atomic E-state index is -1.13. The van der Waals surface area contributed by atoms with Crippen molar-refractivity contribution in [3.8, 4) is 0 Å². The number of rotatable bonds is 7. The van der Waals surface area contributed by atoms with E-state index in [-0.39, 0.29) is 49.6 Å². The molecule has 2 amide bonds. The normalized spacial score (nSPS) is 11.9. The average molecular weight is 399 g/mol. The SMILES string of the molecule is CC(N)(C(=O)NCCC(=O)NCc1cccnc1)c1ccccc1.Cl.Cl. The molecular formula is C18H24Cl2N4O2. The van der Waals surface area contributed by atoms with Gasteiger partial charge in [0.1, 0.15) is 5.54 Å². The molecule has 0 spiro atoms. The molecule has 0 saturated heterocycles. The smallest absolute Gasteiger partial charge is 0.244 e. The fourth-order valence-electron chi connectivity index (χ4n) is 2.18. The number of aromatic nitrogens is 1. The lowest BCUT2D eigenvalue weighted by molar-refractivity contribution is -0.126. The zero-order valence-electron chi connectivity index (χ0n) is 14.5. The monoisotopic (exact) mass is 398 g/mol. The summed E-state index contributed by atoms with van der Waals surface area (Å²) < 4.78 is 0. The van der Waals surface area contributed by atoms with Gasteiger partial charge in [0.2, 0.25) is 11.8 Å². The fraction of sp³-hybridized carbons (Fsp3) is 0.278. The summed E-state index contributed by atoms with van der Waals surface area (Å²) in [6.07, 6.45) is 3.57. The van der Waals surface area contributed by atoms with Crippen molar-refractivity contribution in [2.75, 3.05) is 6.54 Å². The number of nitrogens with zero attached hydrogens (tertiary/aromatic N) is 1. The Labute approximate surface area is 165 Å². The summed E-state index contributed by atoms with van der Waals surface area (Å²) in [6.45, 7) is 2.30. The van der Waals surface area contributed by atoms with Crippen molar-refractivity contribution in [3.05, 3.63) is 66.0 Å². The van der Waals surface area contributed by atoms with Crippen molar-refractivity contribution >= 4 is 36.6 Å². The van der Waals surface area contributed by atoms with Gasteiger partial charge in [-0.1, -0.05) is 36.4 Å². The van der Waals surface area contributed by atoms with Crippen LogP contribution in [0.4, 0.5) is 0 Å². The minimum absolute atomic E-state index is 0. The molecule has 0 aliphatic heterocycles. The van der Waals surface area contributed by atoms with E-state index in [0.717, 1.165) is 11.1 Å². The number of nitrogens with two attached hydrogens (primary N) is 1. The van der Waals surface area contributed by atoms with Gasteiger partial charge < -0.3 is 16.4 Å². The highest BCUT2D eigenvalue weighted by atomic mass is 35.5. The first kappa shape index (κ1) is 23.9. The number of carbonyl (C=O) groups excluding carboxylic acids is 2. The van der Waals surface area contributed by atoms with E-state index in [1.54, 1.807) is 31.5 Å². The van der Waals surface area contributed by atoms with Crippen LogP contribution in [0.1, 0.15) is 24.5 Å². The summed E-state index contributed by atoms with van der Waals surface area (Å²) in [4.78, 5) is 28.0. The largest absolute Gasteiger partial charge is 0.354 e. The summed E-state index contributed by atoms with van der Waals surface area (Å²) in [6, 6.07) is 12.8. The van der Waals surface area contributed by atoms with Crippen LogP contribution in [-0.2, 0) is 21.7 Å². The van der Waals surface area contributed by atoms with Gasteiger partial charge in [0, 0.05) is 31.9 Å². The zero-order valence-corrected chi connectivity index (χ0v) is 16.1. The van der Waals surface area contributed by atoms with Gasteiger partial charge in [-0.05, 0) is 24.1 Å². The highest BCUT2D eigenvalue weighted by molar-refractivity contribution is 5.87. The summed E-state index contributed by atoms with van der Waals surface area (Å²) in [5, 5.41) is 5.50. The molecule has 2 rings (SSSR count). The van der Waals surface area contributed by atoms with Crippen molar-refractivity contribution in [3.63, 3.8) is 0 Å². The third-order valence-corrected chi connectivity index (χ3v) is 3.70. The van der Waals surface area contributed by atoms with Crippen LogP contribution in [0.2, 0.25) is 0 Å². The standard InChI is InChI=1S/C18H22N4O2.2ClH/c1-18(19,15-7-3-2-4-8-15)17(24)21-11-9-16(23)22-13-14-6-5-10-20-12-14;;/h2-8,10,12H,9,11,13,19H2,1H3,(H,21,24)(H,22,23);2*1H. The third kappa shape index (κ3) is 7.00. The second-order valence-electron chi connectivity index (χ2n) is 5.71. The third-order valence-electron chi connectivity index (χ3n) is 3.70. The van der Waals surface area contributed by atoms with Crippen molar-refractivity contribution in [1.29, 1.82) is 0 Å². The van der Waals surface area contributed by atoms with Crippen LogP contribution in [0.15, 0.2) is 54.9 Å². The lowest BCUT2D eigenvalue weighted by Gasteiger charge is -2.24. The first-order valence-corrected chi connectivity index (χ1v) is 7.78. The fourth-order valence-corrected chi connectivity index (χ4v) is 2.18. The molecule has 0 aliphatic carbocycles. The van der Waals surface area contributed by atoms with Crippen LogP contribution in [0.5, 0.6) is 0 Å². The second-order valence-corrected chi connectivity index (χ2v) is 5.71. The van der Waals surface area contributed by atoms with Crippen molar-refractivity contribution in [2.45, 2.75) is 25.4 Å². The highest BCUT2D eigenvalue weighted by Crippen LogP contribution is 2.17. The van der Waals surface area contributed by atoms with Crippen LogP contribution < -0.4 is 16.4 Å². The molecule has 0 saturated carbocycles. The Balaban J connectivity index is 0.00000312. The van der Waals surface area contributed by atoms with E-state index in [1.807, 2.05) is 30.3 Å². The summed E-state index contributed by atoms with van der Waals surface area (Å²) in [7, 11) is 0. The number of pyridine rings is 1. The lowest BCUT2D eigenvalue weighted by atomic mass is 9.92. The Hall–Kier alpha value is -2.15. The molecular weight excluding hydrogens is 375 g/mol. The molecule has 8 heteroatoms. The molecule has 1 heterocycles.